The van der Waals surface area contributed by atoms with Gasteiger partial charge in [0.1, 0.15) is 5.01 Å². The number of rotatable bonds is 2. The molecular weight excluding hydrogens is 254 g/mol. The van der Waals surface area contributed by atoms with E-state index in [9.17, 15) is 0 Å². The molecule has 3 rings (SSSR count). The number of benzene rings is 1. The van der Waals surface area contributed by atoms with Crippen molar-refractivity contribution in [3.8, 4) is 0 Å². The molecule has 1 aromatic heterocycles. The van der Waals surface area contributed by atoms with Crippen LogP contribution in [-0.2, 0) is 0 Å². The van der Waals surface area contributed by atoms with Crippen LogP contribution in [0.4, 0.5) is 0 Å². The number of piperazine rings is 1. The van der Waals surface area contributed by atoms with E-state index < -0.39 is 0 Å². The van der Waals surface area contributed by atoms with Crippen LogP contribution in [0.3, 0.4) is 0 Å². The molecule has 0 aliphatic carbocycles. The van der Waals surface area contributed by atoms with E-state index >= 15 is 0 Å². The highest BCUT2D eigenvalue weighted by Gasteiger charge is 2.28. The van der Waals surface area contributed by atoms with Crippen molar-refractivity contribution in [3.63, 3.8) is 0 Å². The minimum atomic E-state index is 0.400. The van der Waals surface area contributed by atoms with Crippen LogP contribution in [0.2, 0.25) is 0 Å². The molecule has 3 atom stereocenters. The van der Waals surface area contributed by atoms with Gasteiger partial charge in [-0.3, -0.25) is 4.90 Å². The third kappa shape index (κ3) is 2.53. The Morgan fingerprint density at radius 2 is 2.16 bits per heavy atom. The van der Waals surface area contributed by atoms with Crippen molar-refractivity contribution in [2.75, 3.05) is 13.1 Å². The van der Waals surface area contributed by atoms with Crippen molar-refractivity contribution in [1.82, 2.24) is 15.2 Å². The summed E-state index contributed by atoms with van der Waals surface area (Å²) in [5, 5.41) is 4.77. The molecule has 1 fully saturated rings. The molecule has 2 heterocycles. The molecule has 0 spiro atoms. The van der Waals surface area contributed by atoms with Gasteiger partial charge in [-0.25, -0.2) is 4.98 Å². The average Bonchev–Trinajstić information content (AvgIpc) is 2.84. The highest BCUT2D eigenvalue weighted by Crippen LogP contribution is 2.31. The van der Waals surface area contributed by atoms with E-state index in [1.54, 1.807) is 0 Å². The van der Waals surface area contributed by atoms with Crippen LogP contribution in [-0.4, -0.2) is 35.1 Å². The van der Waals surface area contributed by atoms with Gasteiger partial charge in [0.05, 0.1) is 16.3 Å². The van der Waals surface area contributed by atoms with Crippen molar-refractivity contribution in [2.45, 2.75) is 38.9 Å². The lowest BCUT2D eigenvalue weighted by Gasteiger charge is -2.40. The Morgan fingerprint density at radius 3 is 2.95 bits per heavy atom. The number of aromatic nitrogens is 1. The van der Waals surface area contributed by atoms with Gasteiger partial charge < -0.3 is 5.32 Å². The number of hydrogen-bond acceptors (Lipinski definition) is 4. The van der Waals surface area contributed by atoms with Crippen molar-refractivity contribution >= 4 is 21.6 Å². The molecule has 0 bridgehead atoms. The summed E-state index contributed by atoms with van der Waals surface area (Å²) in [4.78, 5) is 7.37. The van der Waals surface area contributed by atoms with Gasteiger partial charge in [-0.05, 0) is 32.9 Å². The number of para-hydroxylation sites is 1. The maximum absolute atomic E-state index is 4.80. The predicted octanol–water partition coefficient (Wildman–Crippen LogP) is 3.04. The molecule has 0 radical (unpaired) electrons. The second kappa shape index (κ2) is 5.19. The lowest BCUT2D eigenvalue weighted by molar-refractivity contribution is 0.103. The van der Waals surface area contributed by atoms with E-state index in [2.05, 4.69) is 55.3 Å². The average molecular weight is 275 g/mol. The smallest absolute Gasteiger partial charge is 0.111 e. The zero-order chi connectivity index (χ0) is 13.4. The summed E-state index contributed by atoms with van der Waals surface area (Å²) in [5.74, 6) is 0. The van der Waals surface area contributed by atoms with Crippen LogP contribution >= 0.6 is 11.3 Å². The highest BCUT2D eigenvalue weighted by atomic mass is 32.1. The summed E-state index contributed by atoms with van der Waals surface area (Å²) in [6.45, 7) is 8.99. The van der Waals surface area contributed by atoms with Crippen LogP contribution < -0.4 is 5.32 Å². The second-order valence-electron chi connectivity index (χ2n) is 5.55. The molecule has 19 heavy (non-hydrogen) atoms. The van der Waals surface area contributed by atoms with Gasteiger partial charge in [-0.1, -0.05) is 12.1 Å². The zero-order valence-electron chi connectivity index (χ0n) is 11.8. The van der Waals surface area contributed by atoms with E-state index in [0.29, 0.717) is 18.1 Å². The normalized spacial score (nSPS) is 26.7. The molecule has 1 aromatic carbocycles. The van der Waals surface area contributed by atoms with Gasteiger partial charge >= 0.3 is 0 Å². The summed E-state index contributed by atoms with van der Waals surface area (Å²) >= 11 is 1.83. The topological polar surface area (TPSA) is 28.2 Å². The quantitative estimate of drug-likeness (QED) is 0.913. The zero-order valence-corrected chi connectivity index (χ0v) is 12.6. The first-order valence-corrected chi connectivity index (χ1v) is 7.81. The maximum atomic E-state index is 4.80. The van der Waals surface area contributed by atoms with Crippen LogP contribution in [0.5, 0.6) is 0 Å². The Kier molecular flexibility index (Phi) is 3.56. The Hall–Kier alpha value is -0.970. The molecular formula is C15H21N3S. The SMILES string of the molecule is CC1CN(C(C)c2nc3ccccc3s2)C(C)CN1. The standard InChI is InChI=1S/C15H21N3S/c1-10-9-18(11(2)8-16-10)12(3)15-17-13-6-4-5-7-14(13)19-15/h4-7,10-12,16H,8-9H2,1-3H3. The monoisotopic (exact) mass is 275 g/mol. The molecule has 1 saturated heterocycles. The molecule has 102 valence electrons. The second-order valence-corrected chi connectivity index (χ2v) is 6.61. The first-order chi connectivity index (χ1) is 9.15. The molecule has 4 heteroatoms. The Bertz CT molecular complexity index is 532. The van der Waals surface area contributed by atoms with Crippen LogP contribution in [0, 0.1) is 0 Å². The highest BCUT2D eigenvalue weighted by molar-refractivity contribution is 7.18. The number of hydrogen-bond donors (Lipinski definition) is 1. The number of nitrogens with one attached hydrogen (secondary N) is 1. The maximum Gasteiger partial charge on any atom is 0.111 e. The molecule has 1 aliphatic heterocycles. The van der Waals surface area contributed by atoms with E-state index in [4.69, 9.17) is 4.98 Å². The van der Waals surface area contributed by atoms with Crippen LogP contribution in [0.15, 0.2) is 24.3 Å². The summed E-state index contributed by atoms with van der Waals surface area (Å²) in [7, 11) is 0. The summed E-state index contributed by atoms with van der Waals surface area (Å²) < 4.78 is 1.29. The lowest BCUT2D eigenvalue weighted by Crippen LogP contribution is -2.54. The molecule has 0 saturated carbocycles. The minimum Gasteiger partial charge on any atom is -0.311 e. The van der Waals surface area contributed by atoms with Gasteiger partial charge in [0, 0.05) is 25.2 Å². The van der Waals surface area contributed by atoms with E-state index in [-0.39, 0.29) is 0 Å². The van der Waals surface area contributed by atoms with Crippen molar-refractivity contribution in [3.05, 3.63) is 29.3 Å². The Balaban J connectivity index is 1.87. The fraction of sp³-hybridized carbons (Fsp3) is 0.533. The number of fused-ring (bicyclic) bond motifs is 1. The molecule has 3 unspecified atom stereocenters. The number of thiazole rings is 1. The summed E-state index contributed by atoms with van der Waals surface area (Å²) in [6, 6.07) is 9.94. The van der Waals surface area contributed by atoms with Crippen LogP contribution in [0.1, 0.15) is 31.8 Å². The van der Waals surface area contributed by atoms with Gasteiger partial charge in [0.15, 0.2) is 0 Å². The molecule has 2 aromatic rings. The van der Waals surface area contributed by atoms with E-state index in [1.807, 2.05) is 11.3 Å². The molecule has 0 amide bonds. The van der Waals surface area contributed by atoms with Gasteiger partial charge in [0.25, 0.3) is 0 Å². The van der Waals surface area contributed by atoms with Crippen molar-refractivity contribution in [2.24, 2.45) is 0 Å². The molecule has 3 nitrogen and oxygen atoms in total. The lowest BCUT2D eigenvalue weighted by atomic mass is 10.1. The molecule has 1 N–H and O–H groups in total. The number of nitrogens with zero attached hydrogens (tertiary/aromatic N) is 2. The summed E-state index contributed by atoms with van der Waals surface area (Å²) in [6.07, 6.45) is 0. The first kappa shape index (κ1) is 13.0. The van der Waals surface area contributed by atoms with E-state index in [1.165, 1.54) is 9.71 Å². The van der Waals surface area contributed by atoms with Gasteiger partial charge in [0.2, 0.25) is 0 Å². The Labute approximate surface area is 118 Å². The largest absolute Gasteiger partial charge is 0.311 e. The fourth-order valence-electron chi connectivity index (χ4n) is 2.80. The van der Waals surface area contributed by atoms with Gasteiger partial charge in [-0.2, -0.15) is 0 Å². The summed E-state index contributed by atoms with van der Waals surface area (Å²) in [5.41, 5.74) is 1.13. The van der Waals surface area contributed by atoms with Crippen molar-refractivity contribution < 1.29 is 0 Å². The molecule has 1 aliphatic rings. The third-order valence-corrected chi connectivity index (χ3v) is 5.18. The van der Waals surface area contributed by atoms with Gasteiger partial charge in [-0.15, -0.1) is 11.3 Å². The first-order valence-electron chi connectivity index (χ1n) is 6.99. The Morgan fingerprint density at radius 1 is 1.37 bits per heavy atom. The van der Waals surface area contributed by atoms with Crippen LogP contribution in [0.25, 0.3) is 10.2 Å². The van der Waals surface area contributed by atoms with Crippen molar-refractivity contribution in [1.29, 1.82) is 0 Å². The third-order valence-electron chi connectivity index (χ3n) is 3.98. The predicted molar refractivity (Wildman–Crippen MR) is 81.7 cm³/mol. The van der Waals surface area contributed by atoms with E-state index in [0.717, 1.165) is 18.6 Å². The minimum absolute atomic E-state index is 0.400. The fourth-order valence-corrected chi connectivity index (χ4v) is 3.84.